The average molecular weight is 754 g/mol. The van der Waals surface area contributed by atoms with Crippen LogP contribution in [0.1, 0.15) is 36.1 Å². The molecule has 0 radical (unpaired) electrons. The number of anilines is 4. The van der Waals surface area contributed by atoms with E-state index in [1.807, 2.05) is 24.3 Å². The highest BCUT2D eigenvalue weighted by Crippen LogP contribution is 2.26. The summed E-state index contributed by atoms with van der Waals surface area (Å²) in [6.07, 6.45) is 11.8. The number of aromatic nitrogens is 2. The smallest absolute Gasteiger partial charge is 0.212 e. The first-order chi connectivity index (χ1) is 17.9. The minimum absolute atomic E-state index is 0.259. The van der Waals surface area contributed by atoms with E-state index in [1.165, 1.54) is 0 Å². The Morgan fingerprint density at radius 2 is 0.946 bits per heavy atom. The summed E-state index contributed by atoms with van der Waals surface area (Å²) in [5.41, 5.74) is 4.29. The van der Waals surface area contributed by atoms with Gasteiger partial charge in [0.2, 0.25) is 9.90 Å². The molecule has 2 heterocycles. The van der Waals surface area contributed by atoms with Crippen molar-refractivity contribution in [3.8, 4) is 0 Å². The predicted octanol–water partition coefficient (Wildman–Crippen LogP) is 9.57. The van der Waals surface area contributed by atoms with Crippen LogP contribution >= 0.6 is 63.7 Å². The van der Waals surface area contributed by atoms with Crippen LogP contribution in [-0.2, 0) is 0 Å². The first kappa shape index (κ1) is 28.3. The van der Waals surface area contributed by atoms with Crippen molar-refractivity contribution in [1.82, 2.24) is 0 Å². The molecular weight excluding hydrogens is 724 g/mol. The topological polar surface area (TPSA) is 31.8 Å². The molecular formula is C29H30Br4N4+2. The molecule has 2 aromatic heterocycles. The zero-order chi connectivity index (χ0) is 26.2. The van der Waals surface area contributed by atoms with E-state index in [-0.39, 0.29) is 9.90 Å². The SMILES string of the molecule is CC(CCC(Br)[n+]1ccc(Nc2ccc(Br)cc2)cc1)CC(Br)[n+]1ccc(Nc2ccc(Br)cc2)cc1. The van der Waals surface area contributed by atoms with Gasteiger partial charge < -0.3 is 10.6 Å². The van der Waals surface area contributed by atoms with Crippen LogP contribution in [0.25, 0.3) is 0 Å². The van der Waals surface area contributed by atoms with Crippen molar-refractivity contribution in [3.63, 3.8) is 0 Å². The van der Waals surface area contributed by atoms with Gasteiger partial charge in [-0.3, -0.25) is 0 Å². The zero-order valence-electron chi connectivity index (χ0n) is 20.5. The van der Waals surface area contributed by atoms with E-state index in [0.717, 1.165) is 51.0 Å². The van der Waals surface area contributed by atoms with Crippen LogP contribution < -0.4 is 19.8 Å². The fraction of sp³-hybridized carbons (Fsp3) is 0.241. The molecule has 0 aliphatic rings. The van der Waals surface area contributed by atoms with Gasteiger partial charge in [0.1, 0.15) is 0 Å². The minimum atomic E-state index is 0.259. The van der Waals surface area contributed by atoms with E-state index in [9.17, 15) is 0 Å². The minimum Gasteiger partial charge on any atom is -0.355 e. The number of alkyl halides is 2. The van der Waals surface area contributed by atoms with Gasteiger partial charge in [-0.15, -0.1) is 0 Å². The van der Waals surface area contributed by atoms with Crippen LogP contribution in [0.2, 0.25) is 0 Å². The number of benzene rings is 2. The van der Waals surface area contributed by atoms with E-state index >= 15 is 0 Å². The Kier molecular flexibility index (Phi) is 10.6. The van der Waals surface area contributed by atoms with Gasteiger partial charge >= 0.3 is 0 Å². The Hall–Kier alpha value is -1.74. The maximum absolute atomic E-state index is 3.89. The maximum Gasteiger partial charge on any atom is 0.212 e. The number of hydrogen-bond donors (Lipinski definition) is 2. The van der Waals surface area contributed by atoms with Crippen molar-refractivity contribution in [2.45, 2.75) is 36.1 Å². The van der Waals surface area contributed by atoms with Crippen LogP contribution in [0, 0.1) is 5.92 Å². The van der Waals surface area contributed by atoms with Crippen LogP contribution in [0.15, 0.2) is 107 Å². The first-order valence-electron chi connectivity index (χ1n) is 12.2. The molecule has 3 atom stereocenters. The van der Waals surface area contributed by atoms with Gasteiger partial charge in [-0.25, -0.2) is 0 Å². The normalized spacial score (nSPS) is 13.5. The van der Waals surface area contributed by atoms with Crippen LogP contribution in [0.3, 0.4) is 0 Å². The van der Waals surface area contributed by atoms with E-state index in [0.29, 0.717) is 5.92 Å². The molecule has 0 saturated heterocycles. The maximum atomic E-state index is 3.89. The first-order valence-corrected chi connectivity index (χ1v) is 15.6. The fourth-order valence-electron chi connectivity index (χ4n) is 3.96. The second-order valence-corrected chi connectivity index (χ2v) is 13.1. The summed E-state index contributed by atoms with van der Waals surface area (Å²) in [4.78, 5) is 0.525. The molecule has 2 N–H and O–H groups in total. The third kappa shape index (κ3) is 8.91. The highest BCUT2D eigenvalue weighted by molar-refractivity contribution is 9.11. The molecule has 4 nitrogen and oxygen atoms in total. The van der Waals surface area contributed by atoms with Crippen molar-refractivity contribution in [2.75, 3.05) is 10.6 Å². The molecule has 2 aromatic carbocycles. The van der Waals surface area contributed by atoms with Gasteiger partial charge in [0.05, 0.1) is 11.4 Å². The van der Waals surface area contributed by atoms with Crippen LogP contribution in [0.4, 0.5) is 22.7 Å². The Balaban J connectivity index is 1.22. The molecule has 0 aliphatic heterocycles. The second-order valence-electron chi connectivity index (χ2n) is 9.12. The lowest BCUT2D eigenvalue weighted by atomic mass is 10.0. The van der Waals surface area contributed by atoms with E-state index < -0.39 is 0 Å². The van der Waals surface area contributed by atoms with Gasteiger partial charge in [-0.2, -0.15) is 9.13 Å². The summed E-state index contributed by atoms with van der Waals surface area (Å²) in [5, 5.41) is 6.88. The fourth-order valence-corrected chi connectivity index (χ4v) is 5.94. The largest absolute Gasteiger partial charge is 0.355 e. The molecule has 8 heteroatoms. The average Bonchev–Trinajstić information content (AvgIpc) is 2.91. The molecule has 4 aromatic rings. The lowest BCUT2D eigenvalue weighted by Crippen LogP contribution is -2.37. The van der Waals surface area contributed by atoms with Gasteiger partial charge in [0.15, 0.2) is 24.8 Å². The Morgan fingerprint density at radius 1 is 0.568 bits per heavy atom. The standard InChI is InChI=1S/C29H28Br4N4/c1-21(20-29(33)37-18-14-27(15-19-37)35-25-9-5-23(31)6-10-25)2-11-28(32)36-16-12-26(13-17-36)34-24-7-3-22(30)4-8-24/h3-10,12-19,21,28-29H,2,11,20H2,1H3/p+2. The summed E-state index contributed by atoms with van der Waals surface area (Å²) in [7, 11) is 0. The highest BCUT2D eigenvalue weighted by atomic mass is 79.9. The number of rotatable bonds is 11. The highest BCUT2D eigenvalue weighted by Gasteiger charge is 2.21. The summed E-state index contributed by atoms with van der Waals surface area (Å²) < 4.78 is 6.60. The number of nitrogens with one attached hydrogen (secondary N) is 2. The van der Waals surface area contributed by atoms with Gasteiger partial charge in [-0.05, 0) is 92.7 Å². The molecule has 0 aliphatic carbocycles. The van der Waals surface area contributed by atoms with Crippen LogP contribution in [-0.4, -0.2) is 0 Å². The van der Waals surface area contributed by atoms with Gasteiger partial charge in [0.25, 0.3) is 0 Å². The Labute approximate surface area is 253 Å². The number of hydrogen-bond acceptors (Lipinski definition) is 2. The molecule has 0 fully saturated rings. The summed E-state index contributed by atoms with van der Waals surface area (Å²) >= 11 is 14.7. The molecule has 3 unspecified atom stereocenters. The molecule has 0 saturated carbocycles. The van der Waals surface area contributed by atoms with E-state index in [1.54, 1.807) is 0 Å². The molecule has 4 rings (SSSR count). The molecule has 0 spiro atoms. The van der Waals surface area contributed by atoms with Gasteiger partial charge in [-0.1, -0.05) is 38.8 Å². The number of nitrogens with zero attached hydrogens (tertiary/aromatic N) is 2. The molecule has 37 heavy (non-hydrogen) atoms. The second kappa shape index (κ2) is 13.9. The molecule has 0 bridgehead atoms. The third-order valence-electron chi connectivity index (χ3n) is 6.11. The van der Waals surface area contributed by atoms with E-state index in [2.05, 4.69) is 164 Å². The monoisotopic (exact) mass is 750 g/mol. The van der Waals surface area contributed by atoms with Crippen molar-refractivity contribution in [1.29, 1.82) is 0 Å². The predicted molar refractivity (Wildman–Crippen MR) is 167 cm³/mol. The van der Waals surface area contributed by atoms with Crippen molar-refractivity contribution < 1.29 is 9.13 Å². The van der Waals surface area contributed by atoms with Crippen molar-refractivity contribution in [2.24, 2.45) is 5.92 Å². The Bertz CT molecular complexity index is 1250. The van der Waals surface area contributed by atoms with E-state index in [4.69, 9.17) is 0 Å². The number of pyridine rings is 2. The van der Waals surface area contributed by atoms with Crippen molar-refractivity contribution in [3.05, 3.63) is 107 Å². The lowest BCUT2D eigenvalue weighted by Gasteiger charge is -2.14. The summed E-state index contributed by atoms with van der Waals surface area (Å²) in [6, 6.07) is 24.8. The third-order valence-corrected chi connectivity index (χ3v) is 8.95. The summed E-state index contributed by atoms with van der Waals surface area (Å²) in [5.74, 6) is 0.580. The number of halogens is 4. The lowest BCUT2D eigenvalue weighted by molar-refractivity contribution is -0.700. The molecule has 0 amide bonds. The van der Waals surface area contributed by atoms with Crippen molar-refractivity contribution >= 4 is 86.5 Å². The zero-order valence-corrected chi connectivity index (χ0v) is 26.8. The summed E-state index contributed by atoms with van der Waals surface area (Å²) in [6.45, 7) is 2.33. The van der Waals surface area contributed by atoms with Crippen LogP contribution in [0.5, 0.6) is 0 Å². The molecule has 192 valence electrons. The quantitative estimate of drug-likeness (QED) is 0.118. The van der Waals surface area contributed by atoms with Gasteiger partial charge in [0, 0.05) is 57.4 Å². The Morgan fingerprint density at radius 3 is 1.38 bits per heavy atom.